The quantitative estimate of drug-likeness (QED) is 0.562. The van der Waals surface area contributed by atoms with Gasteiger partial charge in [0.05, 0.1) is 11.1 Å². The van der Waals surface area contributed by atoms with E-state index in [2.05, 4.69) is 15.0 Å². The molecular weight excluding hydrogens is 354 g/mol. The van der Waals surface area contributed by atoms with Gasteiger partial charge in [-0.15, -0.1) is 0 Å². The van der Waals surface area contributed by atoms with Gasteiger partial charge >= 0.3 is 0 Å². The molecule has 138 valence electrons. The number of rotatable bonds is 2. The van der Waals surface area contributed by atoms with Crippen molar-refractivity contribution in [1.29, 1.82) is 5.26 Å². The van der Waals surface area contributed by atoms with Crippen LogP contribution in [0.2, 0.25) is 0 Å². The Morgan fingerprint density at radius 2 is 1.93 bits per heavy atom. The maximum absolute atomic E-state index is 13.1. The van der Waals surface area contributed by atoms with Gasteiger partial charge < -0.3 is 10.1 Å². The van der Waals surface area contributed by atoms with Crippen LogP contribution in [0.4, 0.5) is 0 Å². The van der Waals surface area contributed by atoms with Crippen molar-refractivity contribution in [2.24, 2.45) is 0 Å². The van der Waals surface area contributed by atoms with Crippen LogP contribution in [0.5, 0.6) is 5.75 Å². The third kappa shape index (κ3) is 2.63. The maximum atomic E-state index is 13.1. The number of pyridine rings is 1. The first-order valence-corrected chi connectivity index (χ1v) is 8.67. The van der Waals surface area contributed by atoms with Crippen LogP contribution in [0.15, 0.2) is 41.6 Å². The van der Waals surface area contributed by atoms with Gasteiger partial charge in [0.25, 0.3) is 5.56 Å². The van der Waals surface area contributed by atoms with E-state index >= 15 is 0 Å². The number of phenolic OH excluding ortho intramolecular Hbond substituents is 1. The molecule has 4 aromatic rings. The molecule has 0 spiro atoms. The number of H-pyrrole nitrogens is 1. The van der Waals surface area contributed by atoms with E-state index in [1.165, 1.54) is 10.9 Å². The summed E-state index contributed by atoms with van der Waals surface area (Å²) < 4.78 is 1.45. The minimum Gasteiger partial charge on any atom is -0.508 e. The first-order valence-electron chi connectivity index (χ1n) is 8.67. The summed E-state index contributed by atoms with van der Waals surface area (Å²) in [5, 5.41) is 19.5. The number of hydrogen-bond acceptors (Lipinski definition) is 5. The summed E-state index contributed by atoms with van der Waals surface area (Å²) in [5.41, 5.74) is 4.93. The first-order chi connectivity index (χ1) is 13.4. The Morgan fingerprint density at radius 3 is 2.64 bits per heavy atom. The molecule has 7 nitrogen and oxygen atoms in total. The Bertz CT molecular complexity index is 1340. The monoisotopic (exact) mass is 371 g/mol. The van der Waals surface area contributed by atoms with Gasteiger partial charge in [-0.1, -0.05) is 6.07 Å². The molecule has 0 saturated heterocycles. The molecule has 0 aliphatic rings. The third-order valence-electron chi connectivity index (χ3n) is 4.89. The molecule has 2 N–H and O–H groups in total. The zero-order valence-corrected chi connectivity index (χ0v) is 15.6. The fourth-order valence-corrected chi connectivity index (χ4v) is 3.36. The molecule has 0 atom stereocenters. The molecule has 0 aliphatic heterocycles. The van der Waals surface area contributed by atoms with Crippen LogP contribution in [0.25, 0.3) is 28.0 Å². The number of nitrogens with zero attached hydrogens (tertiary/aromatic N) is 4. The molecule has 3 heterocycles. The average molecular weight is 371 g/mol. The molecule has 0 bridgehead atoms. The van der Waals surface area contributed by atoms with Crippen molar-refractivity contribution in [3.05, 3.63) is 69.5 Å². The summed E-state index contributed by atoms with van der Waals surface area (Å²) in [6.45, 7) is 5.46. The minimum atomic E-state index is -0.234. The molecule has 0 unspecified atom stereocenters. The zero-order valence-electron chi connectivity index (χ0n) is 15.6. The molecule has 0 fully saturated rings. The van der Waals surface area contributed by atoms with Crippen LogP contribution in [0, 0.1) is 32.1 Å². The van der Waals surface area contributed by atoms with Crippen LogP contribution in [0.3, 0.4) is 0 Å². The van der Waals surface area contributed by atoms with Gasteiger partial charge in [-0.3, -0.25) is 9.36 Å². The SMILES string of the molecule is Cc1cc(-c2cc3c(=O)n(-c4c(C)ccc(O)c4C)cnc3[nH]2)cnc1C#N. The number of nitrogens with one attached hydrogen (secondary N) is 1. The zero-order chi connectivity index (χ0) is 20.0. The van der Waals surface area contributed by atoms with Crippen LogP contribution >= 0.6 is 0 Å². The van der Waals surface area contributed by atoms with Crippen molar-refractivity contribution in [2.45, 2.75) is 20.8 Å². The number of aromatic amines is 1. The molecule has 0 radical (unpaired) electrons. The Balaban J connectivity index is 1.91. The van der Waals surface area contributed by atoms with E-state index in [9.17, 15) is 9.90 Å². The highest BCUT2D eigenvalue weighted by Crippen LogP contribution is 2.27. The number of nitriles is 1. The summed E-state index contributed by atoms with van der Waals surface area (Å²) in [7, 11) is 0. The lowest BCUT2D eigenvalue weighted by Gasteiger charge is -2.13. The number of fused-ring (bicyclic) bond motifs is 1. The van der Waals surface area contributed by atoms with Crippen molar-refractivity contribution in [2.75, 3.05) is 0 Å². The molecule has 1 aromatic carbocycles. The molecule has 3 aromatic heterocycles. The first kappa shape index (κ1) is 17.5. The van der Waals surface area contributed by atoms with E-state index in [1.54, 1.807) is 31.3 Å². The molecule has 28 heavy (non-hydrogen) atoms. The van der Waals surface area contributed by atoms with Gasteiger partial charge in [0.15, 0.2) is 0 Å². The van der Waals surface area contributed by atoms with Crippen molar-refractivity contribution in [3.63, 3.8) is 0 Å². The second kappa shape index (κ2) is 6.35. The predicted molar refractivity (Wildman–Crippen MR) is 106 cm³/mol. The van der Waals surface area contributed by atoms with Crippen molar-refractivity contribution < 1.29 is 5.11 Å². The largest absolute Gasteiger partial charge is 0.508 e. The summed E-state index contributed by atoms with van der Waals surface area (Å²) in [4.78, 5) is 24.8. The Morgan fingerprint density at radius 1 is 1.14 bits per heavy atom. The average Bonchev–Trinajstić information content (AvgIpc) is 3.12. The Hall–Kier alpha value is -3.92. The van der Waals surface area contributed by atoms with Crippen molar-refractivity contribution in [1.82, 2.24) is 19.5 Å². The van der Waals surface area contributed by atoms with Crippen LogP contribution in [0.1, 0.15) is 22.4 Å². The standard InChI is InChI=1S/C21H17N5O2/c1-11-4-5-18(27)13(3)19(11)26-10-24-20-15(21(26)28)7-16(25-20)14-6-12(2)17(8-22)23-9-14/h4-7,9-10,25,27H,1-3H3. The number of benzene rings is 1. The fourth-order valence-electron chi connectivity index (χ4n) is 3.36. The van der Waals surface area contributed by atoms with Crippen LogP contribution in [-0.4, -0.2) is 24.6 Å². The number of aromatic nitrogens is 4. The van der Waals surface area contributed by atoms with E-state index < -0.39 is 0 Å². The van der Waals surface area contributed by atoms with E-state index in [0.717, 1.165) is 16.7 Å². The van der Waals surface area contributed by atoms with Gasteiger partial charge in [-0.25, -0.2) is 9.97 Å². The second-order valence-corrected chi connectivity index (χ2v) is 6.74. The van der Waals surface area contributed by atoms with E-state index in [-0.39, 0.29) is 11.3 Å². The lowest BCUT2D eigenvalue weighted by atomic mass is 10.1. The maximum Gasteiger partial charge on any atom is 0.267 e. The Labute approximate surface area is 160 Å². The molecule has 7 heteroatoms. The fraction of sp³-hybridized carbons (Fsp3) is 0.143. The number of aryl methyl sites for hydroxylation is 2. The highest BCUT2D eigenvalue weighted by molar-refractivity contribution is 5.82. The smallest absolute Gasteiger partial charge is 0.267 e. The molecule has 0 amide bonds. The minimum absolute atomic E-state index is 0.126. The molecular formula is C21H17N5O2. The summed E-state index contributed by atoms with van der Waals surface area (Å²) in [5.74, 6) is 0.126. The van der Waals surface area contributed by atoms with Gasteiger partial charge in [-0.05, 0) is 50.1 Å². The van der Waals surface area contributed by atoms with Crippen LogP contribution in [-0.2, 0) is 0 Å². The topological polar surface area (TPSA) is 108 Å². The van der Waals surface area contributed by atoms with Crippen LogP contribution < -0.4 is 5.56 Å². The Kier molecular flexibility index (Phi) is 3.97. The van der Waals surface area contributed by atoms with E-state index in [4.69, 9.17) is 5.26 Å². The normalized spacial score (nSPS) is 10.9. The van der Waals surface area contributed by atoms with Crippen molar-refractivity contribution >= 4 is 11.0 Å². The molecule has 4 rings (SSSR count). The molecule has 0 aliphatic carbocycles. The third-order valence-corrected chi connectivity index (χ3v) is 4.89. The molecule has 0 saturated carbocycles. The lowest BCUT2D eigenvalue weighted by Crippen LogP contribution is -2.20. The summed E-state index contributed by atoms with van der Waals surface area (Å²) >= 11 is 0. The van der Waals surface area contributed by atoms with E-state index in [1.807, 2.05) is 26.0 Å². The highest BCUT2D eigenvalue weighted by atomic mass is 16.3. The predicted octanol–water partition coefficient (Wildman–Crippen LogP) is 3.28. The van der Waals surface area contributed by atoms with Crippen molar-refractivity contribution in [3.8, 4) is 28.8 Å². The van der Waals surface area contributed by atoms with Gasteiger partial charge in [0, 0.05) is 23.0 Å². The summed E-state index contributed by atoms with van der Waals surface area (Å²) in [6.07, 6.45) is 3.06. The lowest BCUT2D eigenvalue weighted by molar-refractivity contribution is 0.470. The van der Waals surface area contributed by atoms with Gasteiger partial charge in [0.2, 0.25) is 0 Å². The number of aromatic hydroxyl groups is 1. The highest BCUT2D eigenvalue weighted by Gasteiger charge is 2.15. The number of phenols is 1. The summed E-state index contributed by atoms with van der Waals surface area (Å²) in [6, 6.07) is 9.00. The van der Waals surface area contributed by atoms with E-state index in [0.29, 0.717) is 33.7 Å². The number of hydrogen-bond donors (Lipinski definition) is 2. The second-order valence-electron chi connectivity index (χ2n) is 6.74. The van der Waals surface area contributed by atoms with Gasteiger partial charge in [0.1, 0.15) is 29.5 Å². The van der Waals surface area contributed by atoms with Gasteiger partial charge in [-0.2, -0.15) is 5.26 Å².